The van der Waals surface area contributed by atoms with Gasteiger partial charge in [-0.05, 0) is 43.5 Å². The molecule has 0 bridgehead atoms. The van der Waals surface area contributed by atoms with E-state index in [1.54, 1.807) is 23.1 Å². The fraction of sp³-hybridized carbons (Fsp3) is 0.529. The monoisotopic (exact) mass is 352 g/mol. The third-order valence-corrected chi connectivity index (χ3v) is 4.84. The summed E-state index contributed by atoms with van der Waals surface area (Å²) in [5.41, 5.74) is 0.439. The Labute approximate surface area is 146 Å². The number of aryl methyl sites for hydroxylation is 1. The number of carbonyl (C=O) groups is 2. The maximum Gasteiger partial charge on any atom is 0.407 e. The van der Waals surface area contributed by atoms with E-state index in [0.717, 1.165) is 18.4 Å². The molecule has 7 heteroatoms. The Kier molecular flexibility index (Phi) is 4.85. The zero-order valence-electron chi connectivity index (χ0n) is 13.6. The summed E-state index contributed by atoms with van der Waals surface area (Å²) in [5.74, 6) is 0.603. The Bertz CT molecular complexity index is 651. The lowest BCUT2D eigenvalue weighted by molar-refractivity contribution is -0.133. The molecule has 0 radical (unpaired) electrons. The summed E-state index contributed by atoms with van der Waals surface area (Å²) in [5, 5.41) is 3.35. The standard InChI is InChI=1S/C17H21ClN2O4/c1-12-9-13(18)3-4-14(12)23-10-15(21)20-7-2-5-17(6-8-20)11-19-16(22)24-17/h3-4,9H,2,5-8,10-11H2,1H3,(H,19,22)/t17-/m1/s1. The molecular formula is C17H21ClN2O4. The summed E-state index contributed by atoms with van der Waals surface area (Å²) in [6, 6.07) is 5.32. The van der Waals surface area contributed by atoms with Crippen molar-refractivity contribution < 1.29 is 19.1 Å². The van der Waals surface area contributed by atoms with Crippen molar-refractivity contribution >= 4 is 23.6 Å². The van der Waals surface area contributed by atoms with E-state index >= 15 is 0 Å². The maximum absolute atomic E-state index is 12.4. The molecule has 2 saturated heterocycles. The third kappa shape index (κ3) is 3.75. The molecule has 0 saturated carbocycles. The van der Waals surface area contributed by atoms with E-state index in [2.05, 4.69) is 5.32 Å². The molecule has 1 spiro atoms. The number of hydrogen-bond acceptors (Lipinski definition) is 4. The normalized spacial score (nSPS) is 23.6. The van der Waals surface area contributed by atoms with Gasteiger partial charge in [0, 0.05) is 24.5 Å². The number of hydrogen-bond donors (Lipinski definition) is 1. The number of nitrogens with zero attached hydrogens (tertiary/aromatic N) is 1. The van der Waals surface area contributed by atoms with Gasteiger partial charge in [-0.1, -0.05) is 11.6 Å². The lowest BCUT2D eigenvalue weighted by Crippen LogP contribution is -2.38. The van der Waals surface area contributed by atoms with Crippen molar-refractivity contribution in [1.82, 2.24) is 10.2 Å². The smallest absolute Gasteiger partial charge is 0.407 e. The lowest BCUT2D eigenvalue weighted by atomic mass is 9.95. The molecule has 3 rings (SSSR count). The molecule has 130 valence electrons. The molecule has 2 fully saturated rings. The van der Waals surface area contributed by atoms with Gasteiger partial charge in [-0.2, -0.15) is 0 Å². The van der Waals surface area contributed by atoms with Crippen LogP contribution in [0.2, 0.25) is 5.02 Å². The number of amides is 2. The molecule has 2 heterocycles. The third-order valence-electron chi connectivity index (χ3n) is 4.60. The van der Waals surface area contributed by atoms with Crippen LogP contribution in [-0.4, -0.2) is 48.7 Å². The highest BCUT2D eigenvalue weighted by atomic mass is 35.5. The van der Waals surface area contributed by atoms with E-state index in [1.807, 2.05) is 6.92 Å². The summed E-state index contributed by atoms with van der Waals surface area (Å²) < 4.78 is 11.1. The van der Waals surface area contributed by atoms with E-state index in [1.165, 1.54) is 0 Å². The lowest BCUT2D eigenvalue weighted by Gasteiger charge is -2.25. The summed E-state index contributed by atoms with van der Waals surface area (Å²) in [6.45, 7) is 3.63. The van der Waals surface area contributed by atoms with Crippen LogP contribution >= 0.6 is 11.6 Å². The molecule has 24 heavy (non-hydrogen) atoms. The number of carbonyl (C=O) groups excluding carboxylic acids is 2. The molecule has 6 nitrogen and oxygen atoms in total. The van der Waals surface area contributed by atoms with Crippen LogP contribution in [0.1, 0.15) is 24.8 Å². The van der Waals surface area contributed by atoms with Gasteiger partial charge in [0.05, 0.1) is 6.54 Å². The Balaban J connectivity index is 1.54. The van der Waals surface area contributed by atoms with Gasteiger partial charge in [0.2, 0.25) is 0 Å². The molecule has 0 aromatic heterocycles. The van der Waals surface area contributed by atoms with E-state index in [4.69, 9.17) is 21.1 Å². The van der Waals surface area contributed by atoms with Crippen molar-refractivity contribution in [3.05, 3.63) is 28.8 Å². The summed E-state index contributed by atoms with van der Waals surface area (Å²) >= 11 is 5.92. The first-order valence-corrected chi connectivity index (χ1v) is 8.49. The van der Waals surface area contributed by atoms with Gasteiger partial charge in [0.1, 0.15) is 11.4 Å². The molecule has 1 atom stereocenters. The first kappa shape index (κ1) is 16.9. The fourth-order valence-corrected chi connectivity index (χ4v) is 3.43. The molecule has 0 aliphatic carbocycles. The molecule has 2 aliphatic rings. The Morgan fingerprint density at radius 3 is 2.96 bits per heavy atom. The molecule has 1 aromatic carbocycles. The van der Waals surface area contributed by atoms with E-state index in [-0.39, 0.29) is 18.6 Å². The topological polar surface area (TPSA) is 67.9 Å². The van der Waals surface area contributed by atoms with Crippen molar-refractivity contribution in [2.75, 3.05) is 26.2 Å². The van der Waals surface area contributed by atoms with Crippen LogP contribution in [0, 0.1) is 6.92 Å². The second-order valence-corrected chi connectivity index (χ2v) is 6.80. The van der Waals surface area contributed by atoms with E-state index in [9.17, 15) is 9.59 Å². The van der Waals surface area contributed by atoms with Crippen LogP contribution in [-0.2, 0) is 9.53 Å². The van der Waals surface area contributed by atoms with Crippen LogP contribution in [0.15, 0.2) is 18.2 Å². The summed E-state index contributed by atoms with van der Waals surface area (Å²) in [4.78, 5) is 25.5. The average molecular weight is 353 g/mol. The van der Waals surface area contributed by atoms with Crippen molar-refractivity contribution in [2.45, 2.75) is 31.8 Å². The maximum atomic E-state index is 12.4. The number of benzene rings is 1. The zero-order chi connectivity index (χ0) is 17.2. The van der Waals surface area contributed by atoms with Crippen LogP contribution in [0.25, 0.3) is 0 Å². The number of rotatable bonds is 3. The number of halogens is 1. The van der Waals surface area contributed by atoms with Crippen molar-refractivity contribution in [1.29, 1.82) is 0 Å². The Morgan fingerprint density at radius 2 is 2.25 bits per heavy atom. The largest absolute Gasteiger partial charge is 0.483 e. The van der Waals surface area contributed by atoms with Gasteiger partial charge in [0.25, 0.3) is 5.91 Å². The summed E-state index contributed by atoms with van der Waals surface area (Å²) in [7, 11) is 0. The number of ether oxygens (including phenoxy) is 2. The van der Waals surface area contributed by atoms with Crippen molar-refractivity contribution in [2.24, 2.45) is 0 Å². The van der Waals surface area contributed by atoms with Crippen molar-refractivity contribution in [3.63, 3.8) is 0 Å². The minimum Gasteiger partial charge on any atom is -0.483 e. The van der Waals surface area contributed by atoms with Gasteiger partial charge in [-0.25, -0.2) is 4.79 Å². The zero-order valence-corrected chi connectivity index (χ0v) is 14.4. The predicted molar refractivity (Wildman–Crippen MR) is 89.3 cm³/mol. The molecule has 1 N–H and O–H groups in total. The second kappa shape index (κ2) is 6.89. The number of likely N-dealkylation sites (tertiary alicyclic amines) is 1. The minimum absolute atomic E-state index is 0.00644. The minimum atomic E-state index is -0.459. The van der Waals surface area contributed by atoms with Gasteiger partial charge >= 0.3 is 6.09 Å². The highest BCUT2D eigenvalue weighted by Crippen LogP contribution is 2.29. The van der Waals surface area contributed by atoms with E-state index in [0.29, 0.717) is 36.8 Å². The van der Waals surface area contributed by atoms with Gasteiger partial charge < -0.3 is 19.7 Å². The second-order valence-electron chi connectivity index (χ2n) is 6.36. The Hall–Kier alpha value is -1.95. The van der Waals surface area contributed by atoms with Gasteiger partial charge in [-0.15, -0.1) is 0 Å². The molecular weight excluding hydrogens is 332 g/mol. The number of alkyl carbamates (subject to hydrolysis) is 1. The fourth-order valence-electron chi connectivity index (χ4n) is 3.20. The Morgan fingerprint density at radius 1 is 1.42 bits per heavy atom. The quantitative estimate of drug-likeness (QED) is 0.907. The first-order valence-electron chi connectivity index (χ1n) is 8.11. The highest BCUT2D eigenvalue weighted by molar-refractivity contribution is 6.30. The SMILES string of the molecule is Cc1cc(Cl)ccc1OCC(=O)N1CCC[C@@]2(CC1)CNC(=O)O2. The highest BCUT2D eigenvalue weighted by Gasteiger charge is 2.41. The number of nitrogens with one attached hydrogen (secondary N) is 1. The molecule has 2 aliphatic heterocycles. The average Bonchev–Trinajstić information content (AvgIpc) is 2.77. The first-order chi connectivity index (χ1) is 11.5. The van der Waals surface area contributed by atoms with Crippen molar-refractivity contribution in [3.8, 4) is 5.75 Å². The van der Waals surface area contributed by atoms with Crippen LogP contribution in [0.5, 0.6) is 5.75 Å². The van der Waals surface area contributed by atoms with Crippen LogP contribution in [0.3, 0.4) is 0 Å². The molecule has 2 amide bonds. The predicted octanol–water partition coefficient (Wildman–Crippen LogP) is 2.52. The summed E-state index contributed by atoms with van der Waals surface area (Å²) in [6.07, 6.45) is 1.86. The molecule has 1 aromatic rings. The van der Waals surface area contributed by atoms with Gasteiger partial charge in [0.15, 0.2) is 6.61 Å². The van der Waals surface area contributed by atoms with Gasteiger partial charge in [-0.3, -0.25) is 4.79 Å². The van der Waals surface area contributed by atoms with E-state index < -0.39 is 5.60 Å². The van der Waals surface area contributed by atoms with Crippen LogP contribution < -0.4 is 10.1 Å². The van der Waals surface area contributed by atoms with Crippen LogP contribution in [0.4, 0.5) is 4.79 Å². The molecule has 0 unspecified atom stereocenters.